The minimum absolute atomic E-state index is 0.0720. The Morgan fingerprint density at radius 1 is 1.28 bits per heavy atom. The molecule has 2 aromatic heterocycles. The van der Waals surface area contributed by atoms with Crippen molar-refractivity contribution in [2.75, 3.05) is 18.0 Å². The summed E-state index contributed by atoms with van der Waals surface area (Å²) in [7, 11) is 0. The number of hydrogen-bond donors (Lipinski definition) is 1. The lowest BCUT2D eigenvalue weighted by Crippen LogP contribution is -2.37. The van der Waals surface area contributed by atoms with Gasteiger partial charge in [-0.3, -0.25) is 9.78 Å². The highest BCUT2D eigenvalue weighted by atomic mass is 19.1. The highest BCUT2D eigenvalue weighted by Gasteiger charge is 2.27. The van der Waals surface area contributed by atoms with Crippen LogP contribution in [0.25, 0.3) is 11.3 Å². The molecule has 29 heavy (non-hydrogen) atoms. The topological polar surface area (TPSA) is 94.8 Å². The maximum Gasteiger partial charge on any atom is 0.254 e. The van der Waals surface area contributed by atoms with E-state index >= 15 is 0 Å². The molecule has 3 heterocycles. The minimum atomic E-state index is -0.705. The number of halogens is 1. The number of nitrogens with one attached hydrogen (secondary N) is 1. The van der Waals surface area contributed by atoms with Crippen LogP contribution in [0, 0.1) is 17.1 Å². The number of carbonyl (C=O) groups excluding carboxylic acids is 1. The number of aromatic nitrogens is 3. The fraction of sp³-hybridized carbons (Fsp3) is 0.190. The van der Waals surface area contributed by atoms with Crippen molar-refractivity contribution in [2.45, 2.75) is 12.5 Å². The van der Waals surface area contributed by atoms with Gasteiger partial charge in [0.2, 0.25) is 5.95 Å². The Hall–Kier alpha value is -3.86. The van der Waals surface area contributed by atoms with Gasteiger partial charge in [0.05, 0.1) is 22.9 Å². The molecule has 8 heteroatoms. The van der Waals surface area contributed by atoms with Gasteiger partial charge in [-0.25, -0.2) is 14.4 Å². The summed E-state index contributed by atoms with van der Waals surface area (Å²) in [4.78, 5) is 27.5. The fourth-order valence-electron chi connectivity index (χ4n) is 3.27. The third kappa shape index (κ3) is 4.04. The summed E-state index contributed by atoms with van der Waals surface area (Å²) in [6, 6.07) is 11.1. The summed E-state index contributed by atoms with van der Waals surface area (Å²) in [6.45, 7) is 1.21. The largest absolute Gasteiger partial charge is 0.347 e. The molecule has 7 nitrogen and oxygen atoms in total. The van der Waals surface area contributed by atoms with Gasteiger partial charge in [0.25, 0.3) is 5.91 Å². The van der Waals surface area contributed by atoms with Gasteiger partial charge in [-0.1, -0.05) is 0 Å². The Labute approximate surface area is 166 Å². The Morgan fingerprint density at radius 3 is 2.93 bits per heavy atom. The maximum absolute atomic E-state index is 14.1. The van der Waals surface area contributed by atoms with Gasteiger partial charge >= 0.3 is 0 Å². The highest BCUT2D eigenvalue weighted by molar-refractivity contribution is 5.94. The Balaban J connectivity index is 1.43. The fourth-order valence-corrected chi connectivity index (χ4v) is 3.27. The van der Waals surface area contributed by atoms with Gasteiger partial charge in [0, 0.05) is 43.3 Å². The molecule has 1 aliphatic rings. The van der Waals surface area contributed by atoms with Crippen molar-refractivity contribution in [2.24, 2.45) is 0 Å². The van der Waals surface area contributed by atoms with E-state index in [9.17, 15) is 9.18 Å². The SMILES string of the molecule is N#Cc1ccc(C(=O)NC2CCN(c3nccc(-c4cccnc4)n3)C2)c(F)c1. The number of nitrogens with zero attached hydrogens (tertiary/aromatic N) is 5. The molecule has 3 aromatic rings. The molecular formula is C21H17FN6O. The van der Waals surface area contributed by atoms with E-state index < -0.39 is 11.7 Å². The number of carbonyl (C=O) groups is 1. The molecular weight excluding hydrogens is 371 g/mol. The first-order chi connectivity index (χ1) is 14.1. The third-order valence-corrected chi connectivity index (χ3v) is 4.75. The second kappa shape index (κ2) is 8.02. The van der Waals surface area contributed by atoms with Crippen molar-refractivity contribution in [3.05, 3.63) is 71.9 Å². The van der Waals surface area contributed by atoms with Gasteiger partial charge in [-0.05, 0) is 42.8 Å². The lowest BCUT2D eigenvalue weighted by atomic mass is 10.1. The Bertz CT molecular complexity index is 1080. The van der Waals surface area contributed by atoms with Gasteiger partial charge < -0.3 is 10.2 Å². The summed E-state index contributed by atoms with van der Waals surface area (Å²) in [5.74, 6) is -0.625. The first-order valence-corrected chi connectivity index (χ1v) is 9.13. The molecule has 1 N–H and O–H groups in total. The average Bonchev–Trinajstić information content (AvgIpc) is 3.22. The Kier molecular flexibility index (Phi) is 5.12. The van der Waals surface area contributed by atoms with Gasteiger partial charge in [0.1, 0.15) is 5.82 Å². The van der Waals surface area contributed by atoms with Crippen LogP contribution < -0.4 is 10.2 Å². The van der Waals surface area contributed by atoms with Crippen LogP contribution in [-0.2, 0) is 0 Å². The lowest BCUT2D eigenvalue weighted by molar-refractivity contribution is 0.0936. The van der Waals surface area contributed by atoms with Gasteiger partial charge in [0.15, 0.2) is 0 Å². The van der Waals surface area contributed by atoms with Crippen molar-refractivity contribution in [1.29, 1.82) is 5.26 Å². The summed E-state index contributed by atoms with van der Waals surface area (Å²) >= 11 is 0. The number of rotatable bonds is 4. The summed E-state index contributed by atoms with van der Waals surface area (Å²) in [5, 5.41) is 11.7. The van der Waals surface area contributed by atoms with Crippen LogP contribution in [0.15, 0.2) is 55.0 Å². The highest BCUT2D eigenvalue weighted by Crippen LogP contribution is 2.21. The van der Waals surface area contributed by atoms with E-state index in [1.807, 2.05) is 29.2 Å². The van der Waals surface area contributed by atoms with E-state index in [0.717, 1.165) is 17.3 Å². The first-order valence-electron chi connectivity index (χ1n) is 9.13. The molecule has 144 valence electrons. The number of nitriles is 1. The molecule has 0 bridgehead atoms. The standard InChI is InChI=1S/C21H17FN6O/c22-18-10-14(11-23)3-4-17(18)20(29)26-16-6-9-28(13-16)21-25-8-5-19(27-21)15-2-1-7-24-12-15/h1-5,7-8,10,12,16H,6,9,13H2,(H,26,29). The third-order valence-electron chi connectivity index (χ3n) is 4.75. The number of hydrogen-bond acceptors (Lipinski definition) is 6. The second-order valence-electron chi connectivity index (χ2n) is 6.70. The number of benzene rings is 1. The summed E-state index contributed by atoms with van der Waals surface area (Å²) in [6.07, 6.45) is 5.84. The van der Waals surface area contributed by atoms with Crippen LogP contribution in [0.4, 0.5) is 10.3 Å². The molecule has 1 unspecified atom stereocenters. The molecule has 1 aromatic carbocycles. The Morgan fingerprint density at radius 2 is 2.17 bits per heavy atom. The van der Waals surface area contributed by atoms with Crippen molar-refractivity contribution in [3.8, 4) is 17.3 Å². The monoisotopic (exact) mass is 388 g/mol. The zero-order valence-corrected chi connectivity index (χ0v) is 15.4. The van der Waals surface area contributed by atoms with E-state index in [0.29, 0.717) is 25.5 Å². The van der Waals surface area contributed by atoms with Crippen molar-refractivity contribution < 1.29 is 9.18 Å². The van der Waals surface area contributed by atoms with Gasteiger partial charge in [-0.15, -0.1) is 0 Å². The van der Waals surface area contributed by atoms with Crippen molar-refractivity contribution >= 4 is 11.9 Å². The summed E-state index contributed by atoms with van der Waals surface area (Å²) < 4.78 is 14.1. The lowest BCUT2D eigenvalue weighted by Gasteiger charge is -2.17. The van der Waals surface area contributed by atoms with E-state index in [1.54, 1.807) is 18.6 Å². The van der Waals surface area contributed by atoms with E-state index in [4.69, 9.17) is 5.26 Å². The molecule has 0 aliphatic carbocycles. The first kappa shape index (κ1) is 18.5. The number of pyridine rings is 1. The second-order valence-corrected chi connectivity index (χ2v) is 6.70. The molecule has 1 amide bonds. The number of amides is 1. The van der Waals surface area contributed by atoms with Crippen LogP contribution >= 0.6 is 0 Å². The zero-order valence-electron chi connectivity index (χ0n) is 15.4. The predicted molar refractivity (Wildman–Crippen MR) is 104 cm³/mol. The van der Waals surface area contributed by atoms with Crippen LogP contribution in [0.5, 0.6) is 0 Å². The minimum Gasteiger partial charge on any atom is -0.347 e. The quantitative estimate of drug-likeness (QED) is 0.738. The molecule has 0 spiro atoms. The normalized spacial score (nSPS) is 15.7. The average molecular weight is 388 g/mol. The van der Waals surface area contributed by atoms with Crippen LogP contribution in [0.2, 0.25) is 0 Å². The molecule has 1 fully saturated rings. The molecule has 4 rings (SSSR count). The molecule has 0 saturated carbocycles. The van der Waals surface area contributed by atoms with Crippen LogP contribution in [0.1, 0.15) is 22.3 Å². The molecule has 1 saturated heterocycles. The predicted octanol–water partition coefficient (Wildman–Crippen LogP) is 2.56. The summed E-state index contributed by atoms with van der Waals surface area (Å²) in [5.41, 5.74) is 1.78. The maximum atomic E-state index is 14.1. The van der Waals surface area contributed by atoms with E-state index in [1.165, 1.54) is 12.1 Å². The smallest absolute Gasteiger partial charge is 0.254 e. The van der Waals surface area contributed by atoms with E-state index in [2.05, 4.69) is 20.3 Å². The van der Waals surface area contributed by atoms with E-state index in [-0.39, 0.29) is 17.2 Å². The van der Waals surface area contributed by atoms with Gasteiger partial charge in [-0.2, -0.15) is 5.26 Å². The molecule has 1 atom stereocenters. The molecule has 1 aliphatic heterocycles. The van der Waals surface area contributed by atoms with Crippen LogP contribution in [-0.4, -0.2) is 40.0 Å². The van der Waals surface area contributed by atoms with Crippen molar-refractivity contribution in [1.82, 2.24) is 20.3 Å². The number of anilines is 1. The van der Waals surface area contributed by atoms with Crippen LogP contribution in [0.3, 0.4) is 0 Å². The zero-order chi connectivity index (χ0) is 20.2. The van der Waals surface area contributed by atoms with Crippen molar-refractivity contribution in [3.63, 3.8) is 0 Å². The molecule has 0 radical (unpaired) electrons.